The van der Waals surface area contributed by atoms with E-state index in [1.54, 1.807) is 45.0 Å². The first-order chi connectivity index (χ1) is 12.2. The summed E-state index contributed by atoms with van der Waals surface area (Å²) < 4.78 is 11.0. The van der Waals surface area contributed by atoms with E-state index in [2.05, 4.69) is 5.32 Å². The molecule has 1 atom stereocenters. The summed E-state index contributed by atoms with van der Waals surface area (Å²) in [6.45, 7) is 5.23. The number of hydrogen-bond donors (Lipinski definition) is 2. The Morgan fingerprint density at radius 1 is 1.04 bits per heavy atom. The molecule has 2 N–H and O–H groups in total. The Labute approximate surface area is 152 Å². The van der Waals surface area contributed by atoms with Gasteiger partial charge in [-0.25, -0.2) is 4.79 Å². The van der Waals surface area contributed by atoms with Gasteiger partial charge in [0.05, 0.1) is 12.5 Å². The zero-order valence-electron chi connectivity index (χ0n) is 15.1. The standard InChI is InChI=1S/C20H23NO5/c1-20(2,3)26-19(24)21-17(13-18(22)23)14-8-7-11-16(12-14)25-15-9-5-4-6-10-15/h4-12,17H,13H2,1-3H3,(H,21,24)(H,22,23)/t17-/m1/s1. The lowest BCUT2D eigenvalue weighted by atomic mass is 10.0. The molecule has 0 aliphatic rings. The maximum Gasteiger partial charge on any atom is 0.408 e. The number of benzene rings is 2. The number of para-hydroxylation sites is 1. The van der Waals surface area contributed by atoms with Crippen LogP contribution in [0.15, 0.2) is 54.6 Å². The van der Waals surface area contributed by atoms with Crippen LogP contribution in [0.4, 0.5) is 4.79 Å². The van der Waals surface area contributed by atoms with E-state index in [0.717, 1.165) is 0 Å². The van der Waals surface area contributed by atoms with Gasteiger partial charge < -0.3 is 19.9 Å². The second-order valence-corrected chi connectivity index (χ2v) is 6.78. The SMILES string of the molecule is CC(C)(C)OC(=O)N[C@H](CC(=O)O)c1cccc(Oc2ccccc2)c1. The third-order valence-corrected chi connectivity index (χ3v) is 3.31. The van der Waals surface area contributed by atoms with E-state index in [1.807, 2.05) is 30.3 Å². The number of carbonyl (C=O) groups is 2. The smallest absolute Gasteiger partial charge is 0.408 e. The molecule has 0 heterocycles. The van der Waals surface area contributed by atoms with Crippen LogP contribution in [-0.2, 0) is 9.53 Å². The van der Waals surface area contributed by atoms with E-state index in [9.17, 15) is 14.7 Å². The van der Waals surface area contributed by atoms with E-state index < -0.39 is 23.7 Å². The van der Waals surface area contributed by atoms with Crippen LogP contribution in [0.1, 0.15) is 38.8 Å². The molecule has 2 aromatic rings. The average Bonchev–Trinajstić information content (AvgIpc) is 2.53. The van der Waals surface area contributed by atoms with Gasteiger partial charge in [0.15, 0.2) is 0 Å². The van der Waals surface area contributed by atoms with E-state index >= 15 is 0 Å². The predicted molar refractivity (Wildman–Crippen MR) is 97.3 cm³/mol. The van der Waals surface area contributed by atoms with Gasteiger partial charge >= 0.3 is 12.1 Å². The van der Waals surface area contributed by atoms with Crippen molar-refractivity contribution in [3.8, 4) is 11.5 Å². The van der Waals surface area contributed by atoms with Crippen LogP contribution in [0.25, 0.3) is 0 Å². The fourth-order valence-corrected chi connectivity index (χ4v) is 2.30. The van der Waals surface area contributed by atoms with Gasteiger partial charge in [-0.05, 0) is 50.6 Å². The second kappa shape index (κ2) is 8.38. The minimum absolute atomic E-state index is 0.270. The lowest BCUT2D eigenvalue weighted by Gasteiger charge is -2.23. The zero-order chi connectivity index (χ0) is 19.2. The van der Waals surface area contributed by atoms with Crippen molar-refractivity contribution in [1.29, 1.82) is 0 Å². The molecule has 6 heteroatoms. The fourth-order valence-electron chi connectivity index (χ4n) is 2.30. The van der Waals surface area contributed by atoms with Gasteiger partial charge in [0, 0.05) is 0 Å². The maximum atomic E-state index is 12.0. The van der Waals surface area contributed by atoms with Crippen molar-refractivity contribution >= 4 is 12.1 Å². The summed E-state index contributed by atoms with van der Waals surface area (Å²) in [5, 5.41) is 11.8. The molecule has 6 nitrogen and oxygen atoms in total. The van der Waals surface area contributed by atoms with Crippen molar-refractivity contribution < 1.29 is 24.2 Å². The van der Waals surface area contributed by atoms with Crippen LogP contribution in [0.3, 0.4) is 0 Å². The summed E-state index contributed by atoms with van der Waals surface area (Å²) in [6, 6.07) is 15.5. The zero-order valence-corrected chi connectivity index (χ0v) is 15.1. The Hall–Kier alpha value is -3.02. The van der Waals surface area contributed by atoms with Crippen molar-refractivity contribution in [2.45, 2.75) is 38.8 Å². The molecule has 0 saturated heterocycles. The largest absolute Gasteiger partial charge is 0.481 e. The normalized spacial score (nSPS) is 12.1. The molecule has 0 spiro atoms. The number of carboxylic acids is 1. The molecule has 2 rings (SSSR count). The summed E-state index contributed by atoms with van der Waals surface area (Å²) in [6.07, 6.45) is -0.938. The van der Waals surface area contributed by atoms with Crippen molar-refractivity contribution in [2.75, 3.05) is 0 Å². The van der Waals surface area contributed by atoms with Crippen LogP contribution in [0.2, 0.25) is 0 Å². The van der Waals surface area contributed by atoms with Crippen molar-refractivity contribution in [1.82, 2.24) is 5.32 Å². The van der Waals surface area contributed by atoms with Gasteiger partial charge in [-0.2, -0.15) is 0 Å². The number of alkyl carbamates (subject to hydrolysis) is 1. The number of hydrogen-bond acceptors (Lipinski definition) is 4. The first-order valence-corrected chi connectivity index (χ1v) is 8.27. The van der Waals surface area contributed by atoms with Crippen molar-refractivity contribution in [3.05, 3.63) is 60.2 Å². The maximum absolute atomic E-state index is 12.0. The van der Waals surface area contributed by atoms with Crippen LogP contribution in [0, 0.1) is 0 Å². The molecule has 0 aliphatic heterocycles. The number of nitrogens with one attached hydrogen (secondary N) is 1. The van der Waals surface area contributed by atoms with E-state index in [0.29, 0.717) is 17.1 Å². The van der Waals surface area contributed by atoms with Crippen molar-refractivity contribution in [2.24, 2.45) is 0 Å². The Bertz CT molecular complexity index is 752. The first-order valence-electron chi connectivity index (χ1n) is 8.27. The van der Waals surface area contributed by atoms with Gasteiger partial charge in [-0.1, -0.05) is 30.3 Å². The Balaban J connectivity index is 2.18. The van der Waals surface area contributed by atoms with Crippen molar-refractivity contribution in [3.63, 3.8) is 0 Å². The molecule has 138 valence electrons. The molecule has 0 aliphatic carbocycles. The van der Waals surface area contributed by atoms with Gasteiger partial charge in [-0.15, -0.1) is 0 Å². The van der Waals surface area contributed by atoms with Gasteiger partial charge in [0.25, 0.3) is 0 Å². The summed E-state index contributed by atoms with van der Waals surface area (Å²) in [7, 11) is 0. The van der Waals surface area contributed by atoms with E-state index in [4.69, 9.17) is 9.47 Å². The summed E-state index contributed by atoms with van der Waals surface area (Å²) in [4.78, 5) is 23.2. The minimum Gasteiger partial charge on any atom is -0.481 e. The third-order valence-electron chi connectivity index (χ3n) is 3.31. The molecular formula is C20H23NO5. The molecule has 0 saturated carbocycles. The number of carboxylic acid groups (broad SMARTS) is 1. The molecule has 1 amide bonds. The summed E-state index contributed by atoms with van der Waals surface area (Å²) in [5.74, 6) is 0.190. The highest BCUT2D eigenvalue weighted by atomic mass is 16.6. The van der Waals surface area contributed by atoms with Crippen LogP contribution in [0.5, 0.6) is 11.5 Å². The highest BCUT2D eigenvalue weighted by Crippen LogP contribution is 2.26. The van der Waals surface area contributed by atoms with Crippen LogP contribution >= 0.6 is 0 Å². The Morgan fingerprint density at radius 3 is 2.31 bits per heavy atom. The number of aliphatic carboxylic acids is 1. The molecule has 0 unspecified atom stereocenters. The topological polar surface area (TPSA) is 84.9 Å². The van der Waals surface area contributed by atoms with E-state index in [1.165, 1.54) is 0 Å². The first kappa shape index (κ1) is 19.3. The molecule has 0 bridgehead atoms. The lowest BCUT2D eigenvalue weighted by Crippen LogP contribution is -2.35. The fraction of sp³-hybridized carbons (Fsp3) is 0.300. The lowest BCUT2D eigenvalue weighted by molar-refractivity contribution is -0.137. The van der Waals surface area contributed by atoms with Crippen LogP contribution < -0.4 is 10.1 Å². The Kier molecular flexibility index (Phi) is 6.22. The molecular weight excluding hydrogens is 334 g/mol. The average molecular weight is 357 g/mol. The number of carbonyl (C=O) groups excluding carboxylic acids is 1. The van der Waals surface area contributed by atoms with Crippen LogP contribution in [-0.4, -0.2) is 22.8 Å². The number of ether oxygens (including phenoxy) is 2. The molecule has 0 radical (unpaired) electrons. The highest BCUT2D eigenvalue weighted by Gasteiger charge is 2.22. The highest BCUT2D eigenvalue weighted by molar-refractivity contribution is 5.72. The number of amides is 1. The molecule has 26 heavy (non-hydrogen) atoms. The molecule has 0 aromatic heterocycles. The molecule has 0 fully saturated rings. The molecule has 2 aromatic carbocycles. The monoisotopic (exact) mass is 357 g/mol. The summed E-state index contributed by atoms with van der Waals surface area (Å²) >= 11 is 0. The van der Waals surface area contributed by atoms with E-state index in [-0.39, 0.29) is 6.42 Å². The van der Waals surface area contributed by atoms with Gasteiger partial charge in [0.2, 0.25) is 0 Å². The summed E-state index contributed by atoms with van der Waals surface area (Å²) in [5.41, 5.74) is -0.0532. The van der Waals surface area contributed by atoms with Gasteiger partial charge in [-0.3, -0.25) is 4.79 Å². The third kappa shape index (κ3) is 6.47. The minimum atomic E-state index is -1.03. The predicted octanol–water partition coefficient (Wildman–Crippen LogP) is 4.52. The number of rotatable bonds is 6. The second-order valence-electron chi connectivity index (χ2n) is 6.78. The van der Waals surface area contributed by atoms with Gasteiger partial charge in [0.1, 0.15) is 17.1 Å². The Morgan fingerprint density at radius 2 is 1.69 bits per heavy atom. The quantitative estimate of drug-likeness (QED) is 0.794.